The van der Waals surface area contributed by atoms with Crippen LogP contribution in [0.5, 0.6) is 11.5 Å². The summed E-state index contributed by atoms with van der Waals surface area (Å²) in [5, 5.41) is 0. The van der Waals surface area contributed by atoms with Gasteiger partial charge in [-0.2, -0.15) is 0 Å². The predicted octanol–water partition coefficient (Wildman–Crippen LogP) is 5.86. The molecule has 0 aliphatic carbocycles. The zero-order chi connectivity index (χ0) is 20.6. The lowest BCUT2D eigenvalue weighted by atomic mass is 9.82. The van der Waals surface area contributed by atoms with Gasteiger partial charge in [0.15, 0.2) is 0 Å². The molecule has 1 saturated heterocycles. The number of fused-ring (bicyclic) bond motifs is 1. The molecule has 2 heterocycles. The summed E-state index contributed by atoms with van der Waals surface area (Å²) in [4.78, 5) is 2.50. The largest absolute Gasteiger partial charge is 0.497 e. The molecule has 0 radical (unpaired) electrons. The van der Waals surface area contributed by atoms with E-state index in [4.69, 9.17) is 9.47 Å². The van der Waals surface area contributed by atoms with Crippen LogP contribution in [0.3, 0.4) is 0 Å². The van der Waals surface area contributed by atoms with E-state index < -0.39 is 5.72 Å². The van der Waals surface area contributed by atoms with E-state index in [1.807, 2.05) is 12.1 Å². The Kier molecular flexibility index (Phi) is 4.84. The summed E-state index contributed by atoms with van der Waals surface area (Å²) in [6, 6.07) is 27.5. The zero-order valence-electron chi connectivity index (χ0n) is 17.6. The Balaban J connectivity index is 1.79. The number of para-hydroxylation sites is 1. The number of rotatable bonds is 4. The molecule has 0 spiro atoms. The minimum atomic E-state index is -0.623. The molecule has 0 N–H and O–H groups in total. The van der Waals surface area contributed by atoms with Crippen molar-refractivity contribution in [3.63, 3.8) is 0 Å². The van der Waals surface area contributed by atoms with Crippen LogP contribution >= 0.6 is 0 Å². The summed E-state index contributed by atoms with van der Waals surface area (Å²) in [7, 11) is 1.71. The fourth-order valence-corrected chi connectivity index (χ4v) is 4.95. The average molecular weight is 398 g/mol. The SMILES string of the molecule is COc1ccc(C2(N3CCCC3)Oc3ccccc3C(c3ccccc3)=C2C)cc1. The minimum absolute atomic E-state index is 0.623. The van der Waals surface area contributed by atoms with E-state index in [0.29, 0.717) is 0 Å². The second kappa shape index (κ2) is 7.66. The highest BCUT2D eigenvalue weighted by Crippen LogP contribution is 2.50. The fraction of sp³-hybridized carbons (Fsp3) is 0.259. The van der Waals surface area contributed by atoms with E-state index in [-0.39, 0.29) is 0 Å². The van der Waals surface area contributed by atoms with Crippen molar-refractivity contribution in [2.24, 2.45) is 0 Å². The number of hydrogen-bond acceptors (Lipinski definition) is 3. The molecule has 152 valence electrons. The summed E-state index contributed by atoms with van der Waals surface area (Å²) in [5.74, 6) is 1.79. The van der Waals surface area contributed by atoms with Crippen LogP contribution in [0.25, 0.3) is 5.57 Å². The monoisotopic (exact) mass is 397 g/mol. The third kappa shape index (κ3) is 2.93. The number of hydrogen-bond donors (Lipinski definition) is 0. The molecule has 1 atom stereocenters. The topological polar surface area (TPSA) is 21.7 Å². The first-order valence-corrected chi connectivity index (χ1v) is 10.7. The minimum Gasteiger partial charge on any atom is -0.497 e. The number of nitrogens with zero attached hydrogens (tertiary/aromatic N) is 1. The first-order valence-electron chi connectivity index (χ1n) is 10.7. The standard InChI is InChI=1S/C27H27NO2/c1-20-26(21-10-4-3-5-11-21)24-12-6-7-13-25(24)30-27(20,28-18-8-9-19-28)22-14-16-23(29-2)17-15-22/h3-7,10-17H,8-9,18-19H2,1-2H3. The normalized spacial score (nSPS) is 21.3. The van der Waals surface area contributed by atoms with Gasteiger partial charge in [-0.1, -0.05) is 48.5 Å². The van der Waals surface area contributed by atoms with E-state index in [1.165, 1.54) is 29.6 Å². The van der Waals surface area contributed by atoms with Crippen molar-refractivity contribution in [3.8, 4) is 11.5 Å². The molecule has 3 aromatic carbocycles. The van der Waals surface area contributed by atoms with Crippen molar-refractivity contribution < 1.29 is 9.47 Å². The Morgan fingerprint density at radius 2 is 1.50 bits per heavy atom. The summed E-state index contributed by atoms with van der Waals surface area (Å²) in [5.41, 5.74) is 5.40. The Labute approximate surface area is 178 Å². The van der Waals surface area contributed by atoms with Crippen molar-refractivity contribution in [2.75, 3.05) is 20.2 Å². The summed E-state index contributed by atoms with van der Waals surface area (Å²) < 4.78 is 12.4. The van der Waals surface area contributed by atoms with Gasteiger partial charge in [0.25, 0.3) is 0 Å². The maximum Gasteiger partial charge on any atom is 0.212 e. The molecule has 5 rings (SSSR count). The van der Waals surface area contributed by atoms with Gasteiger partial charge in [0.1, 0.15) is 11.5 Å². The summed E-state index contributed by atoms with van der Waals surface area (Å²) >= 11 is 0. The maximum atomic E-state index is 6.95. The van der Waals surface area contributed by atoms with Gasteiger partial charge in [0.2, 0.25) is 5.72 Å². The van der Waals surface area contributed by atoms with Crippen molar-refractivity contribution in [1.82, 2.24) is 4.90 Å². The van der Waals surface area contributed by atoms with Crippen LogP contribution in [0.1, 0.15) is 36.5 Å². The zero-order valence-corrected chi connectivity index (χ0v) is 17.6. The highest BCUT2D eigenvalue weighted by molar-refractivity contribution is 5.87. The molecule has 3 aromatic rings. The van der Waals surface area contributed by atoms with E-state index in [9.17, 15) is 0 Å². The fourth-order valence-electron chi connectivity index (χ4n) is 4.95. The van der Waals surface area contributed by atoms with Gasteiger partial charge in [-0.15, -0.1) is 0 Å². The molecule has 30 heavy (non-hydrogen) atoms. The van der Waals surface area contributed by atoms with E-state index in [2.05, 4.69) is 78.6 Å². The van der Waals surface area contributed by atoms with E-state index >= 15 is 0 Å². The van der Waals surface area contributed by atoms with E-state index in [1.54, 1.807) is 7.11 Å². The van der Waals surface area contributed by atoms with Crippen molar-refractivity contribution in [1.29, 1.82) is 0 Å². The molecule has 3 heteroatoms. The first kappa shape index (κ1) is 19.0. The molecule has 0 saturated carbocycles. The quantitative estimate of drug-likeness (QED) is 0.550. The molecular formula is C27H27NO2. The van der Waals surface area contributed by atoms with Crippen molar-refractivity contribution >= 4 is 5.57 Å². The third-order valence-corrected chi connectivity index (χ3v) is 6.39. The van der Waals surface area contributed by atoms with Crippen LogP contribution in [0, 0.1) is 0 Å². The van der Waals surface area contributed by atoms with Crippen LogP contribution in [0.4, 0.5) is 0 Å². The number of ether oxygens (including phenoxy) is 2. The molecule has 0 bridgehead atoms. The lowest BCUT2D eigenvalue weighted by Crippen LogP contribution is -2.52. The lowest BCUT2D eigenvalue weighted by Gasteiger charge is -2.47. The van der Waals surface area contributed by atoms with Gasteiger partial charge in [-0.3, -0.25) is 4.90 Å². The first-order chi connectivity index (χ1) is 14.7. The Morgan fingerprint density at radius 1 is 0.833 bits per heavy atom. The molecule has 1 fully saturated rings. The van der Waals surface area contributed by atoms with Gasteiger partial charge < -0.3 is 9.47 Å². The molecule has 1 unspecified atom stereocenters. The van der Waals surface area contributed by atoms with Gasteiger partial charge in [0, 0.05) is 24.2 Å². The second-order valence-electron chi connectivity index (χ2n) is 8.03. The van der Waals surface area contributed by atoms with Crippen LogP contribution in [0.2, 0.25) is 0 Å². The average Bonchev–Trinajstić information content (AvgIpc) is 3.35. The van der Waals surface area contributed by atoms with Gasteiger partial charge in [0.05, 0.1) is 7.11 Å². The Hall–Kier alpha value is -3.04. The molecule has 2 aliphatic rings. The molecular weight excluding hydrogens is 370 g/mol. The smallest absolute Gasteiger partial charge is 0.212 e. The Bertz CT molecular complexity index is 1070. The highest BCUT2D eigenvalue weighted by atomic mass is 16.5. The third-order valence-electron chi connectivity index (χ3n) is 6.39. The number of methoxy groups -OCH3 is 1. The van der Waals surface area contributed by atoms with Gasteiger partial charge in [-0.05, 0) is 66.8 Å². The lowest BCUT2D eigenvalue weighted by molar-refractivity contribution is -0.0495. The van der Waals surface area contributed by atoms with Crippen LogP contribution in [-0.4, -0.2) is 25.1 Å². The molecule has 0 amide bonds. The van der Waals surface area contributed by atoms with Crippen LogP contribution in [0.15, 0.2) is 84.4 Å². The van der Waals surface area contributed by atoms with Gasteiger partial charge >= 0.3 is 0 Å². The number of benzene rings is 3. The number of likely N-dealkylation sites (tertiary alicyclic amines) is 1. The van der Waals surface area contributed by atoms with Crippen molar-refractivity contribution in [3.05, 3.63) is 101 Å². The maximum absolute atomic E-state index is 6.95. The molecule has 3 nitrogen and oxygen atoms in total. The van der Waals surface area contributed by atoms with Crippen LogP contribution < -0.4 is 9.47 Å². The van der Waals surface area contributed by atoms with E-state index in [0.717, 1.165) is 35.7 Å². The molecule has 0 aromatic heterocycles. The summed E-state index contributed by atoms with van der Waals surface area (Å²) in [6.45, 7) is 4.28. The highest BCUT2D eigenvalue weighted by Gasteiger charge is 2.48. The van der Waals surface area contributed by atoms with Gasteiger partial charge in [-0.25, -0.2) is 0 Å². The summed E-state index contributed by atoms with van der Waals surface area (Å²) in [6.07, 6.45) is 2.38. The van der Waals surface area contributed by atoms with Crippen molar-refractivity contribution in [2.45, 2.75) is 25.5 Å². The second-order valence-corrected chi connectivity index (χ2v) is 8.03. The Morgan fingerprint density at radius 3 is 2.20 bits per heavy atom. The predicted molar refractivity (Wildman–Crippen MR) is 121 cm³/mol. The van der Waals surface area contributed by atoms with Crippen LogP contribution in [-0.2, 0) is 5.72 Å². The molecule has 2 aliphatic heterocycles.